The van der Waals surface area contributed by atoms with Crippen molar-refractivity contribution in [1.82, 2.24) is 0 Å². The molecule has 0 amide bonds. The Kier molecular flexibility index (Phi) is 7.99. The number of esters is 1. The van der Waals surface area contributed by atoms with E-state index in [9.17, 15) is 25.2 Å². The summed E-state index contributed by atoms with van der Waals surface area (Å²) in [6.45, 7) is 10.6. The molecule has 202 valence electrons. The normalized spacial score (nSPS) is 47.7. The summed E-state index contributed by atoms with van der Waals surface area (Å²) in [5, 5.41) is 44.5. The minimum Gasteiger partial charge on any atom is -0.466 e. The van der Waals surface area contributed by atoms with E-state index in [1.165, 1.54) is 0 Å². The highest BCUT2D eigenvalue weighted by molar-refractivity contribution is 5.71. The first kappa shape index (κ1) is 27.3. The zero-order chi connectivity index (χ0) is 25.7. The van der Waals surface area contributed by atoms with Gasteiger partial charge in [-0.2, -0.15) is 0 Å². The summed E-state index contributed by atoms with van der Waals surface area (Å²) in [5.41, 5.74) is -0.304. The van der Waals surface area contributed by atoms with Gasteiger partial charge in [-0.05, 0) is 106 Å². The predicted octanol–water partition coefficient (Wildman–Crippen LogP) is 3.92. The molecule has 4 N–H and O–H groups in total. The van der Waals surface area contributed by atoms with Crippen LogP contribution in [0.25, 0.3) is 0 Å². The zero-order valence-electron chi connectivity index (χ0n) is 22.5. The van der Waals surface area contributed by atoms with Crippen molar-refractivity contribution >= 4 is 5.97 Å². The van der Waals surface area contributed by atoms with E-state index in [-0.39, 0.29) is 41.2 Å². The molecule has 0 bridgehead atoms. The van der Waals surface area contributed by atoms with Crippen LogP contribution in [0, 0.1) is 52.3 Å². The second kappa shape index (κ2) is 10.2. The number of hydrogen-bond donors (Lipinski definition) is 4. The Hall–Kier alpha value is -0.690. The maximum atomic E-state index is 12.0. The molecule has 4 fully saturated rings. The highest BCUT2D eigenvalue weighted by Crippen LogP contribution is 2.68. The van der Waals surface area contributed by atoms with Crippen LogP contribution in [-0.4, -0.2) is 57.4 Å². The van der Waals surface area contributed by atoms with Gasteiger partial charge in [0.05, 0.1) is 36.9 Å². The van der Waals surface area contributed by atoms with Crippen molar-refractivity contribution in [3.63, 3.8) is 0 Å². The molecule has 0 aromatic rings. The molecule has 0 spiro atoms. The lowest BCUT2D eigenvalue weighted by Gasteiger charge is -2.62. The van der Waals surface area contributed by atoms with Crippen LogP contribution in [0.2, 0.25) is 0 Å². The van der Waals surface area contributed by atoms with Crippen LogP contribution in [0.3, 0.4) is 0 Å². The Bertz CT molecular complexity index is 757. The summed E-state index contributed by atoms with van der Waals surface area (Å²) in [6, 6.07) is 0. The molecule has 6 nitrogen and oxygen atoms in total. The fourth-order valence-electron chi connectivity index (χ4n) is 9.46. The SMILES string of the molecule is CCOC(=O)[C@H](C)CC[C@H](O)[C@@H](C)[C@H]1C[C@H](O)[C@H]2[C@@H]3CC[C@H]4C[C@H](O)CC[C@]4(C)[C@H]3C[C@H](O)[C@@]21C. The number of rotatable bonds is 7. The van der Waals surface area contributed by atoms with Crippen molar-refractivity contribution in [2.24, 2.45) is 52.3 Å². The smallest absolute Gasteiger partial charge is 0.308 e. The van der Waals surface area contributed by atoms with Gasteiger partial charge in [0.15, 0.2) is 0 Å². The largest absolute Gasteiger partial charge is 0.466 e. The molecular weight excluding hydrogens is 444 g/mol. The van der Waals surface area contributed by atoms with Crippen LogP contribution >= 0.6 is 0 Å². The fourth-order valence-corrected chi connectivity index (χ4v) is 9.46. The molecule has 35 heavy (non-hydrogen) atoms. The lowest BCUT2D eigenvalue weighted by molar-refractivity contribution is -0.188. The molecule has 4 saturated carbocycles. The van der Waals surface area contributed by atoms with Gasteiger partial charge in [-0.1, -0.05) is 27.7 Å². The molecule has 0 radical (unpaired) electrons. The molecule has 0 aromatic carbocycles. The van der Waals surface area contributed by atoms with E-state index < -0.39 is 23.7 Å². The summed E-state index contributed by atoms with van der Waals surface area (Å²) in [7, 11) is 0. The van der Waals surface area contributed by atoms with Gasteiger partial charge >= 0.3 is 5.97 Å². The van der Waals surface area contributed by atoms with E-state index in [0.29, 0.717) is 43.6 Å². The number of carbonyl (C=O) groups is 1. The van der Waals surface area contributed by atoms with Crippen molar-refractivity contribution < 1.29 is 30.0 Å². The number of fused-ring (bicyclic) bond motifs is 5. The molecule has 6 heteroatoms. The number of ether oxygens (including phenoxy) is 1. The Morgan fingerprint density at radius 1 is 1.03 bits per heavy atom. The predicted molar refractivity (Wildman–Crippen MR) is 134 cm³/mol. The monoisotopic (exact) mass is 494 g/mol. The molecule has 0 unspecified atom stereocenters. The van der Waals surface area contributed by atoms with Crippen LogP contribution in [0.15, 0.2) is 0 Å². The van der Waals surface area contributed by atoms with Gasteiger partial charge in [0.25, 0.3) is 0 Å². The van der Waals surface area contributed by atoms with Gasteiger partial charge in [0.1, 0.15) is 0 Å². The first-order chi connectivity index (χ1) is 16.4. The highest BCUT2D eigenvalue weighted by Gasteiger charge is 2.66. The Morgan fingerprint density at radius 2 is 1.74 bits per heavy atom. The van der Waals surface area contributed by atoms with Crippen molar-refractivity contribution in [1.29, 1.82) is 0 Å². The van der Waals surface area contributed by atoms with E-state index in [1.807, 2.05) is 6.92 Å². The summed E-state index contributed by atoms with van der Waals surface area (Å²) >= 11 is 0. The molecule has 4 aliphatic carbocycles. The number of carbonyl (C=O) groups excluding carboxylic acids is 1. The molecule has 13 atom stereocenters. The van der Waals surface area contributed by atoms with Crippen LogP contribution in [0.1, 0.15) is 92.4 Å². The maximum absolute atomic E-state index is 12.0. The average molecular weight is 495 g/mol. The zero-order valence-corrected chi connectivity index (χ0v) is 22.5. The van der Waals surface area contributed by atoms with Gasteiger partial charge in [-0.15, -0.1) is 0 Å². The first-order valence-electron chi connectivity index (χ1n) is 14.3. The minimum absolute atomic E-state index is 0.0325. The van der Waals surface area contributed by atoms with E-state index in [0.717, 1.165) is 38.5 Å². The van der Waals surface area contributed by atoms with Gasteiger partial charge in [-0.3, -0.25) is 4.79 Å². The maximum Gasteiger partial charge on any atom is 0.308 e. The molecule has 0 aromatic heterocycles. The summed E-state index contributed by atoms with van der Waals surface area (Å²) in [5.74, 6) is 0.791. The van der Waals surface area contributed by atoms with Crippen LogP contribution < -0.4 is 0 Å². The van der Waals surface area contributed by atoms with Gasteiger partial charge in [0.2, 0.25) is 0 Å². The summed E-state index contributed by atoms with van der Waals surface area (Å²) in [4.78, 5) is 12.0. The summed E-state index contributed by atoms with van der Waals surface area (Å²) < 4.78 is 5.11. The Labute approximate surface area is 211 Å². The highest BCUT2D eigenvalue weighted by atomic mass is 16.5. The lowest BCUT2D eigenvalue weighted by Crippen LogP contribution is -2.60. The third-order valence-corrected chi connectivity index (χ3v) is 11.6. The fraction of sp³-hybridized carbons (Fsp3) is 0.966. The van der Waals surface area contributed by atoms with Crippen molar-refractivity contribution in [2.45, 2.75) is 117 Å². The molecule has 0 saturated heterocycles. The van der Waals surface area contributed by atoms with E-state index in [1.54, 1.807) is 6.92 Å². The Morgan fingerprint density at radius 3 is 2.43 bits per heavy atom. The average Bonchev–Trinajstić information content (AvgIpc) is 3.10. The molecular formula is C29H50O6. The number of aliphatic hydroxyl groups excluding tert-OH is 4. The van der Waals surface area contributed by atoms with Crippen LogP contribution in [-0.2, 0) is 9.53 Å². The molecule has 4 aliphatic rings. The van der Waals surface area contributed by atoms with Crippen LogP contribution in [0.5, 0.6) is 0 Å². The number of aliphatic hydroxyl groups is 4. The Balaban J connectivity index is 1.49. The van der Waals surface area contributed by atoms with Crippen molar-refractivity contribution in [3.05, 3.63) is 0 Å². The van der Waals surface area contributed by atoms with E-state index in [4.69, 9.17) is 4.74 Å². The second-order valence-corrected chi connectivity index (χ2v) is 13.2. The standard InChI is InChI=1S/C29H50O6/c1-6-35-27(34)16(2)7-10-23(31)17(3)21-14-24(32)26-20-9-8-18-13-19(30)11-12-28(18,4)22(20)15-25(33)29(21,26)5/h16-26,30-33H,6-15H2,1-5H3/t16-,17+,18+,19-,20-,21-,22+,23+,24+,25+,26-,28+,29+/m1/s1. The third-order valence-electron chi connectivity index (χ3n) is 11.6. The minimum atomic E-state index is -0.585. The quantitative estimate of drug-likeness (QED) is 0.400. The van der Waals surface area contributed by atoms with Crippen LogP contribution in [0.4, 0.5) is 0 Å². The van der Waals surface area contributed by atoms with Crippen molar-refractivity contribution in [2.75, 3.05) is 6.61 Å². The second-order valence-electron chi connectivity index (χ2n) is 13.2. The molecule has 4 rings (SSSR count). The van der Waals surface area contributed by atoms with E-state index >= 15 is 0 Å². The molecule has 0 heterocycles. The lowest BCUT2D eigenvalue weighted by atomic mass is 9.43. The van der Waals surface area contributed by atoms with Gasteiger partial charge in [0, 0.05) is 5.41 Å². The van der Waals surface area contributed by atoms with Gasteiger partial charge < -0.3 is 25.2 Å². The third kappa shape index (κ3) is 4.59. The topological polar surface area (TPSA) is 107 Å². The van der Waals surface area contributed by atoms with Crippen molar-refractivity contribution in [3.8, 4) is 0 Å². The van der Waals surface area contributed by atoms with Gasteiger partial charge in [-0.25, -0.2) is 0 Å². The molecule has 0 aliphatic heterocycles. The number of hydrogen-bond acceptors (Lipinski definition) is 6. The first-order valence-corrected chi connectivity index (χ1v) is 14.3. The summed E-state index contributed by atoms with van der Waals surface area (Å²) in [6.07, 6.45) is 5.57. The van der Waals surface area contributed by atoms with E-state index in [2.05, 4.69) is 20.8 Å².